The molecule has 0 amide bonds. The number of hydrogen-bond donors (Lipinski definition) is 1. The summed E-state index contributed by atoms with van der Waals surface area (Å²) in [5.74, 6) is 0.860. The summed E-state index contributed by atoms with van der Waals surface area (Å²) in [6.07, 6.45) is 0. The third kappa shape index (κ3) is 3.29. The number of aliphatic hydroxyl groups excluding tert-OH is 1. The molecule has 0 aliphatic heterocycles. The van der Waals surface area contributed by atoms with Gasteiger partial charge in [0, 0.05) is 15.7 Å². The smallest absolute Gasteiger partial charge is 0.0681 e. The molecular weight excluding hydrogens is 264 g/mol. The first-order valence-electron chi connectivity index (χ1n) is 5.77. The van der Waals surface area contributed by atoms with Crippen molar-refractivity contribution in [2.75, 3.05) is 0 Å². The van der Waals surface area contributed by atoms with Gasteiger partial charge in [-0.05, 0) is 35.7 Å². The SMILES string of the molecule is Cc1cc(CO)ccc1SCc1ccccc1Cl. The Labute approximate surface area is 117 Å². The predicted octanol–water partition coefficient (Wildman–Crippen LogP) is 4.43. The van der Waals surface area contributed by atoms with Crippen molar-refractivity contribution < 1.29 is 5.11 Å². The molecule has 2 aromatic rings. The van der Waals surface area contributed by atoms with Crippen molar-refractivity contribution in [2.24, 2.45) is 0 Å². The minimum absolute atomic E-state index is 0.0936. The van der Waals surface area contributed by atoms with E-state index < -0.39 is 0 Å². The van der Waals surface area contributed by atoms with Crippen LogP contribution in [0.1, 0.15) is 16.7 Å². The van der Waals surface area contributed by atoms with E-state index >= 15 is 0 Å². The topological polar surface area (TPSA) is 20.2 Å². The molecule has 94 valence electrons. The first-order chi connectivity index (χ1) is 8.70. The van der Waals surface area contributed by atoms with Gasteiger partial charge in [0.15, 0.2) is 0 Å². The lowest BCUT2D eigenvalue weighted by atomic mass is 10.1. The Bertz CT molecular complexity index is 540. The van der Waals surface area contributed by atoms with Gasteiger partial charge in [-0.2, -0.15) is 0 Å². The van der Waals surface area contributed by atoms with Crippen LogP contribution in [0.4, 0.5) is 0 Å². The quantitative estimate of drug-likeness (QED) is 0.835. The molecule has 3 heteroatoms. The zero-order valence-electron chi connectivity index (χ0n) is 10.2. The van der Waals surface area contributed by atoms with Crippen LogP contribution in [0.15, 0.2) is 47.4 Å². The highest BCUT2D eigenvalue weighted by Gasteiger charge is 2.03. The molecule has 0 fully saturated rings. The number of halogens is 1. The van der Waals surface area contributed by atoms with Crippen LogP contribution in [0, 0.1) is 6.92 Å². The van der Waals surface area contributed by atoms with Crippen LogP contribution >= 0.6 is 23.4 Å². The van der Waals surface area contributed by atoms with Crippen molar-refractivity contribution >= 4 is 23.4 Å². The highest BCUT2D eigenvalue weighted by molar-refractivity contribution is 7.98. The number of benzene rings is 2. The minimum Gasteiger partial charge on any atom is -0.392 e. The number of hydrogen-bond acceptors (Lipinski definition) is 2. The maximum atomic E-state index is 9.07. The molecule has 0 saturated carbocycles. The molecule has 0 atom stereocenters. The third-order valence-corrected chi connectivity index (χ3v) is 4.36. The highest BCUT2D eigenvalue weighted by Crippen LogP contribution is 2.29. The van der Waals surface area contributed by atoms with Crippen LogP contribution in [0.5, 0.6) is 0 Å². The molecule has 0 unspecified atom stereocenters. The summed E-state index contributed by atoms with van der Waals surface area (Å²) in [5.41, 5.74) is 3.29. The van der Waals surface area contributed by atoms with Gasteiger partial charge in [0.1, 0.15) is 0 Å². The van der Waals surface area contributed by atoms with Gasteiger partial charge in [0.05, 0.1) is 6.61 Å². The van der Waals surface area contributed by atoms with Crippen LogP contribution < -0.4 is 0 Å². The molecule has 2 rings (SSSR count). The van der Waals surface area contributed by atoms with Gasteiger partial charge in [-0.25, -0.2) is 0 Å². The van der Waals surface area contributed by atoms with Crippen LogP contribution in [0.3, 0.4) is 0 Å². The zero-order chi connectivity index (χ0) is 13.0. The Hall–Kier alpha value is -0.960. The normalized spacial score (nSPS) is 10.6. The summed E-state index contributed by atoms with van der Waals surface area (Å²) in [4.78, 5) is 1.23. The van der Waals surface area contributed by atoms with Crippen LogP contribution in [0.25, 0.3) is 0 Å². The standard InChI is InChI=1S/C15H15ClOS/c1-11-8-12(9-17)6-7-15(11)18-10-13-4-2-3-5-14(13)16/h2-8,17H,9-10H2,1H3. The Morgan fingerprint density at radius 1 is 1.17 bits per heavy atom. The van der Waals surface area contributed by atoms with Gasteiger partial charge in [-0.3, -0.25) is 0 Å². The number of rotatable bonds is 4. The summed E-state index contributed by atoms with van der Waals surface area (Å²) in [7, 11) is 0. The molecule has 1 nitrogen and oxygen atoms in total. The van der Waals surface area contributed by atoms with Crippen LogP contribution in [-0.4, -0.2) is 5.11 Å². The molecule has 2 aromatic carbocycles. The Balaban J connectivity index is 2.09. The Morgan fingerprint density at radius 2 is 1.94 bits per heavy atom. The molecule has 0 saturated heterocycles. The molecule has 0 radical (unpaired) electrons. The van der Waals surface area contributed by atoms with E-state index in [4.69, 9.17) is 16.7 Å². The van der Waals surface area contributed by atoms with Gasteiger partial charge < -0.3 is 5.11 Å². The zero-order valence-corrected chi connectivity index (χ0v) is 11.8. The Morgan fingerprint density at radius 3 is 2.61 bits per heavy atom. The van der Waals surface area contributed by atoms with Crippen molar-refractivity contribution in [2.45, 2.75) is 24.2 Å². The molecule has 0 aliphatic rings. The molecule has 0 bridgehead atoms. The summed E-state index contributed by atoms with van der Waals surface area (Å²) in [5, 5.41) is 9.89. The average molecular weight is 279 g/mol. The molecule has 0 heterocycles. The molecule has 1 N–H and O–H groups in total. The van der Waals surface area contributed by atoms with Crippen LogP contribution in [-0.2, 0) is 12.4 Å². The molecular formula is C15H15ClOS. The van der Waals surface area contributed by atoms with Gasteiger partial charge in [-0.15, -0.1) is 11.8 Å². The monoisotopic (exact) mass is 278 g/mol. The first kappa shape index (κ1) is 13.5. The molecule has 0 aromatic heterocycles. The van der Waals surface area contributed by atoms with E-state index in [0.29, 0.717) is 0 Å². The maximum absolute atomic E-state index is 9.07. The van der Waals surface area contributed by atoms with E-state index in [1.54, 1.807) is 11.8 Å². The fourth-order valence-electron chi connectivity index (χ4n) is 1.74. The fourth-order valence-corrected chi connectivity index (χ4v) is 3.04. The second-order valence-electron chi connectivity index (χ2n) is 4.14. The minimum atomic E-state index is 0.0936. The van der Waals surface area contributed by atoms with E-state index in [1.165, 1.54) is 10.5 Å². The summed E-state index contributed by atoms with van der Waals surface area (Å²) in [6.45, 7) is 2.16. The second-order valence-corrected chi connectivity index (χ2v) is 5.56. The molecule has 18 heavy (non-hydrogen) atoms. The van der Waals surface area contributed by atoms with Crippen molar-refractivity contribution in [1.82, 2.24) is 0 Å². The predicted molar refractivity (Wildman–Crippen MR) is 78.1 cm³/mol. The highest BCUT2D eigenvalue weighted by atomic mass is 35.5. The first-order valence-corrected chi connectivity index (χ1v) is 7.13. The van der Waals surface area contributed by atoms with Crippen molar-refractivity contribution in [1.29, 1.82) is 0 Å². The molecule has 0 aliphatic carbocycles. The lowest BCUT2D eigenvalue weighted by Crippen LogP contribution is -1.88. The summed E-state index contributed by atoms with van der Waals surface area (Å²) >= 11 is 7.90. The molecule has 0 spiro atoms. The van der Waals surface area contributed by atoms with Gasteiger partial charge in [-0.1, -0.05) is 41.9 Å². The second kappa shape index (κ2) is 6.28. The maximum Gasteiger partial charge on any atom is 0.0681 e. The summed E-state index contributed by atoms with van der Waals surface area (Å²) < 4.78 is 0. The third-order valence-electron chi connectivity index (χ3n) is 2.76. The number of aryl methyl sites for hydroxylation is 1. The van der Waals surface area contributed by atoms with Crippen molar-refractivity contribution in [3.8, 4) is 0 Å². The Kier molecular flexibility index (Phi) is 4.70. The van der Waals surface area contributed by atoms with Gasteiger partial charge in [0.2, 0.25) is 0 Å². The number of thioether (sulfide) groups is 1. The van der Waals surface area contributed by atoms with E-state index in [-0.39, 0.29) is 6.61 Å². The van der Waals surface area contributed by atoms with Gasteiger partial charge in [0.25, 0.3) is 0 Å². The van der Waals surface area contributed by atoms with E-state index in [2.05, 4.69) is 13.0 Å². The van der Waals surface area contributed by atoms with Gasteiger partial charge >= 0.3 is 0 Å². The summed E-state index contributed by atoms with van der Waals surface area (Å²) in [6, 6.07) is 14.0. The average Bonchev–Trinajstić information content (AvgIpc) is 2.39. The van der Waals surface area contributed by atoms with Crippen molar-refractivity contribution in [3.05, 3.63) is 64.2 Å². The lowest BCUT2D eigenvalue weighted by molar-refractivity contribution is 0.281. The lowest BCUT2D eigenvalue weighted by Gasteiger charge is -2.08. The largest absolute Gasteiger partial charge is 0.392 e. The van der Waals surface area contributed by atoms with E-state index in [0.717, 1.165) is 21.9 Å². The van der Waals surface area contributed by atoms with E-state index in [1.807, 2.05) is 36.4 Å². The van der Waals surface area contributed by atoms with E-state index in [9.17, 15) is 0 Å². The van der Waals surface area contributed by atoms with Crippen molar-refractivity contribution in [3.63, 3.8) is 0 Å². The number of aliphatic hydroxyl groups is 1. The fraction of sp³-hybridized carbons (Fsp3) is 0.200. The van der Waals surface area contributed by atoms with Crippen LogP contribution in [0.2, 0.25) is 5.02 Å².